The van der Waals surface area contributed by atoms with E-state index in [1.807, 2.05) is 11.8 Å². The Morgan fingerprint density at radius 2 is 2.44 bits per heavy atom. The Hall–Kier alpha value is 0.170. The Balaban J connectivity index is 2.13. The predicted octanol–water partition coefficient (Wildman–Crippen LogP) is 0.532. The van der Waals surface area contributed by atoms with Crippen LogP contribution in [0.3, 0.4) is 0 Å². The number of amidine groups is 1. The molecule has 2 rings (SSSR count). The van der Waals surface area contributed by atoms with Crippen molar-refractivity contribution in [1.29, 1.82) is 0 Å². The zero-order valence-corrected chi connectivity index (χ0v) is 6.54. The minimum Gasteiger partial charge on any atom is -0.379 e. The Labute approximate surface area is 62.7 Å². The van der Waals surface area contributed by atoms with Crippen LogP contribution < -0.4 is 5.73 Å². The molecule has 0 aromatic carbocycles. The zero-order chi connectivity index (χ0) is 6.27. The van der Waals surface area contributed by atoms with E-state index in [1.165, 1.54) is 11.5 Å². The van der Waals surface area contributed by atoms with E-state index in [0.29, 0.717) is 11.3 Å². The Morgan fingerprint density at radius 1 is 1.56 bits per heavy atom. The lowest BCUT2D eigenvalue weighted by atomic mass is 10.3. The molecule has 2 aliphatic rings. The summed E-state index contributed by atoms with van der Waals surface area (Å²) in [7, 11) is 0. The molecule has 0 bridgehead atoms. The van der Waals surface area contributed by atoms with Crippen molar-refractivity contribution in [3.63, 3.8) is 0 Å². The normalized spacial score (nSPS) is 40.7. The van der Waals surface area contributed by atoms with Crippen molar-refractivity contribution in [2.45, 2.75) is 11.3 Å². The zero-order valence-electron chi connectivity index (χ0n) is 4.91. The summed E-state index contributed by atoms with van der Waals surface area (Å²) < 4.78 is 0. The second-order valence-corrected chi connectivity index (χ2v) is 4.56. The fourth-order valence-electron chi connectivity index (χ4n) is 1.11. The quantitative estimate of drug-likeness (QED) is 0.562. The van der Waals surface area contributed by atoms with Gasteiger partial charge in [-0.05, 0) is 0 Å². The van der Waals surface area contributed by atoms with Crippen LogP contribution in [0.15, 0.2) is 4.99 Å². The molecule has 50 valence electrons. The smallest absolute Gasteiger partial charge is 0.154 e. The highest BCUT2D eigenvalue weighted by Crippen LogP contribution is 2.35. The molecular formula is C5H8N2S2. The lowest BCUT2D eigenvalue weighted by Gasteiger charge is -2.00. The molecule has 2 heterocycles. The molecule has 2 unspecified atom stereocenters. The number of rotatable bonds is 0. The van der Waals surface area contributed by atoms with E-state index < -0.39 is 0 Å². The first-order valence-electron chi connectivity index (χ1n) is 2.94. The van der Waals surface area contributed by atoms with E-state index in [2.05, 4.69) is 4.99 Å². The van der Waals surface area contributed by atoms with Gasteiger partial charge in [-0.15, -0.1) is 0 Å². The van der Waals surface area contributed by atoms with Crippen molar-refractivity contribution in [1.82, 2.24) is 0 Å². The van der Waals surface area contributed by atoms with Crippen LogP contribution >= 0.6 is 23.5 Å². The lowest BCUT2D eigenvalue weighted by molar-refractivity contribution is 0.794. The molecule has 2 N–H and O–H groups in total. The van der Waals surface area contributed by atoms with Crippen LogP contribution in [0, 0.1) is 0 Å². The highest BCUT2D eigenvalue weighted by atomic mass is 32.2. The molecular weight excluding hydrogens is 152 g/mol. The van der Waals surface area contributed by atoms with Gasteiger partial charge in [-0.3, -0.25) is 4.99 Å². The average Bonchev–Trinajstić information content (AvgIpc) is 2.22. The molecule has 1 fully saturated rings. The maximum Gasteiger partial charge on any atom is 0.154 e. The number of thioether (sulfide) groups is 2. The molecule has 0 aromatic heterocycles. The van der Waals surface area contributed by atoms with Gasteiger partial charge in [0.05, 0.1) is 6.04 Å². The van der Waals surface area contributed by atoms with E-state index >= 15 is 0 Å². The predicted molar refractivity (Wildman–Crippen MR) is 44.1 cm³/mol. The van der Waals surface area contributed by atoms with Gasteiger partial charge in [-0.2, -0.15) is 11.8 Å². The van der Waals surface area contributed by atoms with Crippen molar-refractivity contribution in [2.75, 3.05) is 11.5 Å². The van der Waals surface area contributed by atoms with Gasteiger partial charge in [0.25, 0.3) is 0 Å². The molecule has 2 aliphatic heterocycles. The number of hydrogen-bond donors (Lipinski definition) is 1. The molecule has 0 saturated carbocycles. The Bertz CT molecular complexity index is 157. The summed E-state index contributed by atoms with van der Waals surface area (Å²) in [6.07, 6.45) is 0. The third kappa shape index (κ3) is 0.942. The van der Waals surface area contributed by atoms with Gasteiger partial charge in [-0.25, -0.2) is 0 Å². The van der Waals surface area contributed by atoms with Crippen molar-refractivity contribution < 1.29 is 0 Å². The maximum absolute atomic E-state index is 5.53. The number of fused-ring (bicyclic) bond motifs is 1. The fourth-order valence-corrected chi connectivity index (χ4v) is 3.75. The topological polar surface area (TPSA) is 38.4 Å². The van der Waals surface area contributed by atoms with Crippen molar-refractivity contribution in [2.24, 2.45) is 10.7 Å². The highest BCUT2D eigenvalue weighted by molar-refractivity contribution is 8.15. The summed E-state index contributed by atoms with van der Waals surface area (Å²) >= 11 is 3.73. The molecule has 2 atom stereocenters. The molecule has 2 nitrogen and oxygen atoms in total. The van der Waals surface area contributed by atoms with Gasteiger partial charge in [0.1, 0.15) is 0 Å². The van der Waals surface area contributed by atoms with Gasteiger partial charge < -0.3 is 5.73 Å². The van der Waals surface area contributed by atoms with E-state index in [-0.39, 0.29) is 0 Å². The van der Waals surface area contributed by atoms with Gasteiger partial charge in [-0.1, -0.05) is 11.8 Å². The molecule has 0 spiro atoms. The van der Waals surface area contributed by atoms with Crippen LogP contribution in [0.2, 0.25) is 0 Å². The third-order valence-electron chi connectivity index (χ3n) is 1.57. The third-order valence-corrected chi connectivity index (χ3v) is 4.08. The average molecular weight is 160 g/mol. The van der Waals surface area contributed by atoms with E-state index in [0.717, 1.165) is 5.17 Å². The molecule has 0 radical (unpaired) electrons. The van der Waals surface area contributed by atoms with Crippen LogP contribution in [0.1, 0.15) is 0 Å². The van der Waals surface area contributed by atoms with Crippen molar-refractivity contribution in [3.8, 4) is 0 Å². The first-order valence-corrected chi connectivity index (χ1v) is 4.97. The maximum atomic E-state index is 5.53. The summed E-state index contributed by atoms with van der Waals surface area (Å²) in [6.45, 7) is 0. The minimum atomic E-state index is 0.542. The summed E-state index contributed by atoms with van der Waals surface area (Å²) in [5.41, 5.74) is 5.53. The van der Waals surface area contributed by atoms with Crippen LogP contribution in [0.4, 0.5) is 0 Å². The number of aliphatic imine (C=N–C) groups is 1. The SMILES string of the molecule is NC1=NC2CSCC2S1. The van der Waals surface area contributed by atoms with Crippen molar-refractivity contribution in [3.05, 3.63) is 0 Å². The molecule has 0 aliphatic carbocycles. The van der Waals surface area contributed by atoms with Gasteiger partial charge in [0.2, 0.25) is 0 Å². The number of hydrogen-bond acceptors (Lipinski definition) is 4. The number of nitrogens with two attached hydrogens (primary N) is 1. The number of nitrogens with zero attached hydrogens (tertiary/aromatic N) is 1. The van der Waals surface area contributed by atoms with Crippen LogP contribution in [-0.4, -0.2) is 28.0 Å². The van der Waals surface area contributed by atoms with Crippen molar-refractivity contribution >= 4 is 28.7 Å². The molecule has 1 saturated heterocycles. The van der Waals surface area contributed by atoms with Gasteiger partial charge in [0.15, 0.2) is 5.17 Å². The summed E-state index contributed by atoms with van der Waals surface area (Å²) in [5.74, 6) is 2.41. The van der Waals surface area contributed by atoms with E-state index in [9.17, 15) is 0 Å². The second-order valence-electron chi connectivity index (χ2n) is 2.23. The molecule has 0 aromatic rings. The van der Waals surface area contributed by atoms with E-state index in [4.69, 9.17) is 5.73 Å². The summed E-state index contributed by atoms with van der Waals surface area (Å²) in [5, 5.41) is 1.50. The van der Waals surface area contributed by atoms with Crippen LogP contribution in [0.25, 0.3) is 0 Å². The summed E-state index contributed by atoms with van der Waals surface area (Å²) in [6, 6.07) is 0.542. The lowest BCUT2D eigenvalue weighted by Crippen LogP contribution is -2.13. The highest BCUT2D eigenvalue weighted by Gasteiger charge is 2.33. The summed E-state index contributed by atoms with van der Waals surface area (Å²) in [4.78, 5) is 4.29. The van der Waals surface area contributed by atoms with Crippen LogP contribution in [0.5, 0.6) is 0 Å². The Kier molecular flexibility index (Phi) is 1.38. The van der Waals surface area contributed by atoms with Gasteiger partial charge in [0, 0.05) is 16.8 Å². The second kappa shape index (κ2) is 2.09. The fraction of sp³-hybridized carbons (Fsp3) is 0.800. The monoisotopic (exact) mass is 160 g/mol. The molecule has 0 amide bonds. The van der Waals surface area contributed by atoms with Crippen LogP contribution in [-0.2, 0) is 0 Å². The van der Waals surface area contributed by atoms with E-state index in [1.54, 1.807) is 11.8 Å². The minimum absolute atomic E-state index is 0.542. The first-order chi connectivity index (χ1) is 4.36. The molecule has 9 heavy (non-hydrogen) atoms. The van der Waals surface area contributed by atoms with Gasteiger partial charge >= 0.3 is 0 Å². The molecule has 4 heteroatoms. The standard InChI is InChI=1S/C5H8N2S2/c6-5-7-3-1-8-2-4(3)9-5/h3-4H,1-2H2,(H2,6,7). The Morgan fingerprint density at radius 3 is 3.22 bits per heavy atom. The first kappa shape index (κ1) is 5.92. The largest absolute Gasteiger partial charge is 0.379 e.